The number of aryl methyl sites for hydroxylation is 1. The first-order chi connectivity index (χ1) is 14.2. The van der Waals surface area contributed by atoms with Gasteiger partial charge in [0.1, 0.15) is 0 Å². The summed E-state index contributed by atoms with van der Waals surface area (Å²) < 4.78 is 1.93. The van der Waals surface area contributed by atoms with Crippen molar-refractivity contribution in [1.82, 2.24) is 30.0 Å². The van der Waals surface area contributed by atoms with Crippen LogP contribution >= 0.6 is 11.8 Å². The number of amides is 1. The van der Waals surface area contributed by atoms with E-state index in [4.69, 9.17) is 0 Å². The Morgan fingerprint density at radius 3 is 2.66 bits per heavy atom. The molecule has 1 saturated carbocycles. The van der Waals surface area contributed by atoms with Crippen LogP contribution in [0, 0.1) is 6.92 Å². The summed E-state index contributed by atoms with van der Waals surface area (Å²) in [5, 5.41) is 12.9. The van der Waals surface area contributed by atoms with E-state index in [-0.39, 0.29) is 5.91 Å². The van der Waals surface area contributed by atoms with Crippen LogP contribution in [-0.4, -0.2) is 67.8 Å². The van der Waals surface area contributed by atoms with E-state index in [9.17, 15) is 4.79 Å². The smallest absolute Gasteiger partial charge is 0.233 e. The number of hydrogen-bond donors (Lipinski definition) is 0. The number of hydrogen-bond acceptors (Lipinski definition) is 6. The molecule has 0 N–H and O–H groups in total. The molecule has 7 nitrogen and oxygen atoms in total. The highest BCUT2D eigenvalue weighted by Crippen LogP contribution is 2.31. The number of nitrogens with zero attached hydrogens (tertiary/aromatic N) is 6. The molecule has 156 valence electrons. The summed E-state index contributed by atoms with van der Waals surface area (Å²) in [6.07, 6.45) is 5.76. The Morgan fingerprint density at radius 1 is 1.07 bits per heavy atom. The fourth-order valence-electron chi connectivity index (χ4n) is 4.21. The minimum Gasteiger partial charge on any atom is -0.341 e. The van der Waals surface area contributed by atoms with Crippen LogP contribution < -0.4 is 0 Å². The molecule has 0 radical (unpaired) electrons. The third kappa shape index (κ3) is 5.36. The number of carbonyl (C=O) groups excluding carboxylic acids is 1. The lowest BCUT2D eigenvalue weighted by Gasteiger charge is -2.22. The standard InChI is InChI=1S/C21H30N6OS/c1-17-7-9-18(10-8-17)15-25-11-4-12-26(14-13-25)20(28)16-29-21-22-23-24-27(21)19-5-2-3-6-19/h7-10,19H,2-6,11-16H2,1H3. The molecule has 1 amide bonds. The zero-order chi connectivity index (χ0) is 20.1. The molecule has 2 aromatic rings. The molecule has 2 heterocycles. The van der Waals surface area contributed by atoms with Crippen LogP contribution in [-0.2, 0) is 11.3 Å². The second-order valence-electron chi connectivity index (χ2n) is 8.13. The number of thioether (sulfide) groups is 1. The van der Waals surface area contributed by atoms with Crippen molar-refractivity contribution in [2.45, 2.75) is 56.8 Å². The molecule has 1 aromatic carbocycles. The fraction of sp³-hybridized carbons (Fsp3) is 0.619. The van der Waals surface area contributed by atoms with E-state index in [1.165, 1.54) is 35.7 Å². The minimum absolute atomic E-state index is 0.188. The van der Waals surface area contributed by atoms with E-state index in [2.05, 4.69) is 51.6 Å². The van der Waals surface area contributed by atoms with Crippen molar-refractivity contribution in [3.8, 4) is 0 Å². The maximum atomic E-state index is 12.8. The number of benzene rings is 1. The summed E-state index contributed by atoms with van der Waals surface area (Å²) in [5.41, 5.74) is 2.63. The van der Waals surface area contributed by atoms with Gasteiger partial charge in [0, 0.05) is 32.7 Å². The molecule has 0 atom stereocenters. The molecule has 0 spiro atoms. The van der Waals surface area contributed by atoms with Gasteiger partial charge in [-0.2, -0.15) is 0 Å². The van der Waals surface area contributed by atoms with Gasteiger partial charge in [0.25, 0.3) is 0 Å². The van der Waals surface area contributed by atoms with E-state index in [0.29, 0.717) is 11.8 Å². The molecule has 1 aliphatic heterocycles. The Kier molecular flexibility index (Phi) is 6.82. The highest BCUT2D eigenvalue weighted by molar-refractivity contribution is 7.99. The predicted octanol–water partition coefficient (Wildman–Crippen LogP) is 2.92. The van der Waals surface area contributed by atoms with Crippen molar-refractivity contribution in [2.24, 2.45) is 0 Å². The fourth-order valence-corrected chi connectivity index (χ4v) is 5.05. The zero-order valence-electron chi connectivity index (χ0n) is 17.2. The summed E-state index contributed by atoms with van der Waals surface area (Å²) in [6, 6.07) is 9.14. The van der Waals surface area contributed by atoms with Gasteiger partial charge < -0.3 is 4.90 Å². The van der Waals surface area contributed by atoms with Gasteiger partial charge in [0.2, 0.25) is 11.1 Å². The Morgan fingerprint density at radius 2 is 1.86 bits per heavy atom. The van der Waals surface area contributed by atoms with Crippen molar-refractivity contribution < 1.29 is 4.79 Å². The third-order valence-corrected chi connectivity index (χ3v) is 6.84. The van der Waals surface area contributed by atoms with E-state index in [1.54, 1.807) is 0 Å². The summed E-state index contributed by atoms with van der Waals surface area (Å²) in [5.74, 6) is 0.596. The molecular weight excluding hydrogens is 384 g/mol. The number of rotatable bonds is 6. The maximum Gasteiger partial charge on any atom is 0.233 e. The average Bonchev–Trinajstić information content (AvgIpc) is 3.36. The first-order valence-electron chi connectivity index (χ1n) is 10.7. The summed E-state index contributed by atoms with van der Waals surface area (Å²) in [6.45, 7) is 6.64. The van der Waals surface area contributed by atoms with Gasteiger partial charge in [-0.3, -0.25) is 9.69 Å². The molecule has 29 heavy (non-hydrogen) atoms. The average molecular weight is 415 g/mol. The Labute approximate surface area is 176 Å². The molecule has 0 bridgehead atoms. The van der Waals surface area contributed by atoms with Crippen LogP contribution in [0.1, 0.15) is 49.3 Å². The predicted molar refractivity (Wildman–Crippen MR) is 114 cm³/mol. The monoisotopic (exact) mass is 414 g/mol. The van der Waals surface area contributed by atoms with Crippen molar-refractivity contribution in [2.75, 3.05) is 31.9 Å². The van der Waals surface area contributed by atoms with E-state index >= 15 is 0 Å². The number of aromatic nitrogens is 4. The summed E-state index contributed by atoms with van der Waals surface area (Å²) >= 11 is 1.48. The number of tetrazole rings is 1. The van der Waals surface area contributed by atoms with Gasteiger partial charge in [0.05, 0.1) is 11.8 Å². The maximum absolute atomic E-state index is 12.8. The summed E-state index contributed by atoms with van der Waals surface area (Å²) in [7, 11) is 0. The Hall–Kier alpha value is -1.93. The SMILES string of the molecule is Cc1ccc(CN2CCCN(C(=O)CSc3nnnn3C3CCCC3)CC2)cc1. The normalized spacial score (nSPS) is 18.9. The third-order valence-electron chi connectivity index (χ3n) is 5.93. The van der Waals surface area contributed by atoms with Crippen molar-refractivity contribution >= 4 is 17.7 Å². The Bertz CT molecular complexity index is 802. The van der Waals surface area contributed by atoms with Crippen molar-refractivity contribution in [3.63, 3.8) is 0 Å². The van der Waals surface area contributed by atoms with Crippen LogP contribution in [0.2, 0.25) is 0 Å². The van der Waals surface area contributed by atoms with Crippen LogP contribution in [0.5, 0.6) is 0 Å². The van der Waals surface area contributed by atoms with Gasteiger partial charge in [-0.15, -0.1) is 5.10 Å². The largest absolute Gasteiger partial charge is 0.341 e. The molecule has 2 fully saturated rings. The highest BCUT2D eigenvalue weighted by Gasteiger charge is 2.24. The molecule has 1 aromatic heterocycles. The lowest BCUT2D eigenvalue weighted by atomic mass is 10.1. The lowest BCUT2D eigenvalue weighted by Crippen LogP contribution is -2.36. The molecule has 4 rings (SSSR count). The van der Waals surface area contributed by atoms with E-state index in [0.717, 1.165) is 57.1 Å². The van der Waals surface area contributed by atoms with Crippen LogP contribution in [0.3, 0.4) is 0 Å². The number of carbonyl (C=O) groups is 1. The summed E-state index contributed by atoms with van der Waals surface area (Å²) in [4.78, 5) is 17.2. The molecule has 8 heteroatoms. The van der Waals surface area contributed by atoms with Gasteiger partial charge in [0.15, 0.2) is 0 Å². The zero-order valence-corrected chi connectivity index (χ0v) is 18.0. The molecule has 1 saturated heterocycles. The van der Waals surface area contributed by atoms with Gasteiger partial charge >= 0.3 is 0 Å². The second kappa shape index (κ2) is 9.71. The Balaban J connectivity index is 1.26. The quantitative estimate of drug-likeness (QED) is 0.677. The van der Waals surface area contributed by atoms with Gasteiger partial charge in [-0.05, 0) is 42.2 Å². The van der Waals surface area contributed by atoms with E-state index in [1.807, 2.05) is 9.58 Å². The van der Waals surface area contributed by atoms with Gasteiger partial charge in [-0.1, -0.05) is 54.4 Å². The highest BCUT2D eigenvalue weighted by atomic mass is 32.2. The van der Waals surface area contributed by atoms with Gasteiger partial charge in [-0.25, -0.2) is 4.68 Å². The topological polar surface area (TPSA) is 67.2 Å². The molecule has 2 aliphatic rings. The first-order valence-corrected chi connectivity index (χ1v) is 11.6. The lowest BCUT2D eigenvalue weighted by molar-refractivity contribution is -0.128. The van der Waals surface area contributed by atoms with Crippen molar-refractivity contribution in [3.05, 3.63) is 35.4 Å². The van der Waals surface area contributed by atoms with Crippen LogP contribution in [0.15, 0.2) is 29.4 Å². The first kappa shape index (κ1) is 20.3. The second-order valence-corrected chi connectivity index (χ2v) is 9.07. The molecule has 0 unspecified atom stereocenters. The molecule has 1 aliphatic carbocycles. The van der Waals surface area contributed by atoms with E-state index < -0.39 is 0 Å². The molecular formula is C21H30N6OS. The minimum atomic E-state index is 0.188. The van der Waals surface area contributed by atoms with Crippen molar-refractivity contribution in [1.29, 1.82) is 0 Å². The van der Waals surface area contributed by atoms with Crippen LogP contribution in [0.25, 0.3) is 0 Å². The van der Waals surface area contributed by atoms with Crippen LogP contribution in [0.4, 0.5) is 0 Å².